The zero-order valence-corrected chi connectivity index (χ0v) is 29.5. The monoisotopic (exact) mass is 669 g/mol. The van der Waals surface area contributed by atoms with Gasteiger partial charge in [0.15, 0.2) is 5.82 Å². The van der Waals surface area contributed by atoms with E-state index in [1.54, 1.807) is 24.6 Å². The molecule has 2 aliphatic rings. The molecule has 1 saturated heterocycles. The second-order valence-electron chi connectivity index (χ2n) is 14.0. The molecule has 0 bridgehead atoms. The highest BCUT2D eigenvalue weighted by atomic mass is 28.3. The van der Waals surface area contributed by atoms with Gasteiger partial charge in [-0.2, -0.15) is 4.98 Å². The summed E-state index contributed by atoms with van der Waals surface area (Å²) in [7, 11) is 0.458. The Morgan fingerprint density at radius 1 is 0.958 bits per heavy atom. The Morgan fingerprint density at radius 3 is 2.52 bits per heavy atom. The molecule has 48 heavy (non-hydrogen) atoms. The van der Waals surface area contributed by atoms with Crippen LogP contribution in [0.1, 0.15) is 36.0 Å². The fraction of sp³-hybridized carbons (Fsp3) is 0.472. The maximum atomic E-state index is 13.5. The van der Waals surface area contributed by atoms with Crippen molar-refractivity contribution in [3.63, 3.8) is 0 Å². The highest BCUT2D eigenvalue weighted by Gasteiger charge is 2.29. The summed E-state index contributed by atoms with van der Waals surface area (Å²) < 4.78 is 13.4. The van der Waals surface area contributed by atoms with Crippen molar-refractivity contribution in [2.45, 2.75) is 58.1 Å². The van der Waals surface area contributed by atoms with Crippen molar-refractivity contribution in [3.05, 3.63) is 72.8 Å². The number of benzene rings is 2. The molecule has 0 spiro atoms. The van der Waals surface area contributed by atoms with Gasteiger partial charge in [-0.15, -0.1) is 0 Å². The summed E-state index contributed by atoms with van der Waals surface area (Å²) in [6.45, 7) is 11.0. The van der Waals surface area contributed by atoms with E-state index in [1.807, 2.05) is 53.4 Å². The van der Waals surface area contributed by atoms with Gasteiger partial charge in [0.2, 0.25) is 5.95 Å². The Kier molecular flexibility index (Phi) is 10.8. The Labute approximate surface area is 284 Å². The molecule has 2 aromatic carbocycles. The van der Waals surface area contributed by atoms with E-state index >= 15 is 0 Å². The smallest absolute Gasteiger partial charge is 0.277 e. The fourth-order valence-electron chi connectivity index (χ4n) is 5.72. The number of carbonyl (C=O) groups excluding carboxylic acids is 1. The van der Waals surface area contributed by atoms with E-state index in [-0.39, 0.29) is 5.91 Å². The Balaban J connectivity index is 1.08. The minimum Gasteiger partial charge on any atom is -0.497 e. The molecule has 1 aliphatic carbocycles. The van der Waals surface area contributed by atoms with Crippen molar-refractivity contribution in [3.8, 4) is 28.5 Å². The lowest BCUT2D eigenvalue weighted by Gasteiger charge is -2.34. The highest BCUT2D eigenvalue weighted by Crippen LogP contribution is 2.30. The van der Waals surface area contributed by atoms with Gasteiger partial charge in [0.25, 0.3) is 5.91 Å². The highest BCUT2D eigenvalue weighted by molar-refractivity contribution is 6.76. The van der Waals surface area contributed by atoms with Gasteiger partial charge >= 0.3 is 0 Å². The first-order chi connectivity index (χ1) is 23.3. The summed E-state index contributed by atoms with van der Waals surface area (Å²) >= 11 is 0. The van der Waals surface area contributed by atoms with Crippen LogP contribution in [0.25, 0.3) is 22.8 Å². The van der Waals surface area contributed by atoms with Crippen molar-refractivity contribution in [2.75, 3.05) is 44.9 Å². The van der Waals surface area contributed by atoms with Crippen LogP contribution in [-0.4, -0.2) is 83.5 Å². The van der Waals surface area contributed by atoms with Crippen LogP contribution in [0.15, 0.2) is 67.3 Å². The molecule has 2 fully saturated rings. The third kappa shape index (κ3) is 9.06. The molecular formula is C36H47N7O4Si. The molecule has 0 unspecified atom stereocenters. The largest absolute Gasteiger partial charge is 0.497 e. The lowest BCUT2D eigenvalue weighted by Crippen LogP contribution is -2.41. The number of amides is 1. The Morgan fingerprint density at radius 2 is 1.75 bits per heavy atom. The maximum Gasteiger partial charge on any atom is 0.277 e. The van der Waals surface area contributed by atoms with Crippen LogP contribution >= 0.6 is 0 Å². The predicted molar refractivity (Wildman–Crippen MR) is 188 cm³/mol. The molecule has 6 rings (SSSR count). The topological polar surface area (TPSA) is 108 Å². The van der Waals surface area contributed by atoms with E-state index in [1.165, 1.54) is 0 Å². The van der Waals surface area contributed by atoms with Crippen molar-refractivity contribution in [1.29, 1.82) is 0 Å². The number of ether oxygens (including phenoxy) is 2. The number of hydroxylamine groups is 2. The van der Waals surface area contributed by atoms with Crippen molar-refractivity contribution in [1.82, 2.24) is 29.6 Å². The SMILES string of the molecule is COc1cccc(C(=O)N(CC2CCN(c3ncnc(-c4cccc(-c5nccn5COCC[Si](C)(C)C)c4)n3)CC2)OCC2CC2)c1. The van der Waals surface area contributed by atoms with Crippen LogP contribution in [0.3, 0.4) is 0 Å². The summed E-state index contributed by atoms with van der Waals surface area (Å²) in [5.41, 5.74) is 2.45. The third-order valence-corrected chi connectivity index (χ3v) is 10.6. The molecular weight excluding hydrogens is 623 g/mol. The van der Waals surface area contributed by atoms with Gasteiger partial charge in [-0.1, -0.05) is 43.9 Å². The van der Waals surface area contributed by atoms with E-state index < -0.39 is 8.07 Å². The molecule has 2 aromatic heterocycles. The van der Waals surface area contributed by atoms with Crippen LogP contribution in [0.2, 0.25) is 25.7 Å². The Hall–Kier alpha value is -4.13. The number of methoxy groups -OCH3 is 1. The van der Waals surface area contributed by atoms with Crippen LogP contribution in [0.5, 0.6) is 5.75 Å². The summed E-state index contributed by atoms with van der Waals surface area (Å²) in [6, 6.07) is 16.5. The molecule has 3 heterocycles. The molecule has 1 aliphatic heterocycles. The first-order valence-corrected chi connectivity index (χ1v) is 20.7. The van der Waals surface area contributed by atoms with E-state index in [9.17, 15) is 4.79 Å². The second kappa shape index (κ2) is 15.4. The summed E-state index contributed by atoms with van der Waals surface area (Å²) in [5, 5.41) is 1.58. The minimum absolute atomic E-state index is 0.127. The van der Waals surface area contributed by atoms with Gasteiger partial charge in [-0.25, -0.2) is 20.0 Å². The van der Waals surface area contributed by atoms with Crippen LogP contribution in [0.4, 0.5) is 5.95 Å². The molecule has 254 valence electrons. The van der Waals surface area contributed by atoms with Crippen LogP contribution in [0, 0.1) is 11.8 Å². The number of imidazole rings is 1. The molecule has 0 N–H and O–H groups in total. The third-order valence-electron chi connectivity index (χ3n) is 8.91. The average molecular weight is 670 g/mol. The summed E-state index contributed by atoms with van der Waals surface area (Å²) in [5.74, 6) is 3.51. The van der Waals surface area contributed by atoms with Crippen LogP contribution < -0.4 is 9.64 Å². The van der Waals surface area contributed by atoms with Gasteiger partial charge in [0.1, 0.15) is 24.6 Å². The van der Waals surface area contributed by atoms with E-state index in [0.717, 1.165) is 68.4 Å². The number of carbonyl (C=O) groups is 1. The molecule has 12 heteroatoms. The minimum atomic E-state index is -1.15. The van der Waals surface area contributed by atoms with Gasteiger partial charge in [-0.3, -0.25) is 9.63 Å². The molecule has 1 saturated carbocycles. The molecule has 11 nitrogen and oxygen atoms in total. The summed E-state index contributed by atoms with van der Waals surface area (Å²) in [6.07, 6.45) is 9.47. The van der Waals surface area contributed by atoms with E-state index in [2.05, 4.69) is 45.6 Å². The number of piperidine rings is 1. The fourth-order valence-corrected chi connectivity index (χ4v) is 6.47. The zero-order valence-electron chi connectivity index (χ0n) is 28.5. The molecule has 0 radical (unpaired) electrons. The number of hydrogen-bond acceptors (Lipinski definition) is 9. The normalized spacial score (nSPS) is 15.5. The second-order valence-corrected chi connectivity index (χ2v) is 19.6. The number of rotatable bonds is 15. The van der Waals surface area contributed by atoms with Crippen molar-refractivity contribution < 1.29 is 19.1 Å². The van der Waals surface area contributed by atoms with Crippen molar-refractivity contribution in [2.24, 2.45) is 11.8 Å². The van der Waals surface area contributed by atoms with Gasteiger partial charge < -0.3 is 18.9 Å². The predicted octanol–water partition coefficient (Wildman–Crippen LogP) is 6.42. The zero-order chi connectivity index (χ0) is 33.5. The van der Waals surface area contributed by atoms with Gasteiger partial charge in [0, 0.05) is 56.9 Å². The first kappa shape index (κ1) is 33.8. The summed E-state index contributed by atoms with van der Waals surface area (Å²) in [4.78, 5) is 40.3. The van der Waals surface area contributed by atoms with E-state index in [0.29, 0.717) is 54.8 Å². The van der Waals surface area contributed by atoms with Gasteiger partial charge in [-0.05, 0) is 67.8 Å². The van der Waals surface area contributed by atoms with E-state index in [4.69, 9.17) is 19.3 Å². The average Bonchev–Trinajstić information content (AvgIpc) is 3.82. The van der Waals surface area contributed by atoms with Gasteiger partial charge in [0.05, 0.1) is 20.3 Å². The first-order valence-electron chi connectivity index (χ1n) is 17.0. The quantitative estimate of drug-likeness (QED) is 0.0805. The standard InChI is InChI=1S/C36H47N7O4Si/c1-45-32-10-6-9-31(22-32)35(44)43(47-24-28-11-12-28)23-27-13-16-41(17-14-27)36-39-25-38-33(40-36)29-7-5-8-30(21-29)34-37-15-18-42(34)26-46-19-20-48(2,3)4/h5-10,15,18,21-22,25,27-28H,11-14,16-17,19-20,23-24,26H2,1-4H3. The molecule has 4 aromatic rings. The maximum absolute atomic E-state index is 13.5. The molecule has 1 amide bonds. The lowest BCUT2D eigenvalue weighted by atomic mass is 9.96. The van der Waals surface area contributed by atoms with Crippen LogP contribution in [-0.2, 0) is 16.3 Å². The number of anilines is 1. The number of nitrogens with zero attached hydrogens (tertiary/aromatic N) is 7. The lowest BCUT2D eigenvalue weighted by molar-refractivity contribution is -0.135. The Bertz CT molecular complexity index is 1660. The number of aromatic nitrogens is 5. The van der Waals surface area contributed by atoms with Crippen molar-refractivity contribution >= 4 is 19.9 Å². The number of hydrogen-bond donors (Lipinski definition) is 0. The molecule has 0 atom stereocenters.